The summed E-state index contributed by atoms with van der Waals surface area (Å²) in [6, 6.07) is 5.66. The van der Waals surface area contributed by atoms with Crippen molar-refractivity contribution in [3.63, 3.8) is 0 Å². The molecule has 1 aromatic carbocycles. The summed E-state index contributed by atoms with van der Waals surface area (Å²) in [5.74, 6) is 1.67. The Balaban J connectivity index is 2.02. The zero-order valence-electron chi connectivity index (χ0n) is 11.5. The van der Waals surface area contributed by atoms with Gasteiger partial charge in [0.2, 0.25) is 0 Å². The predicted octanol–water partition coefficient (Wildman–Crippen LogP) is 5.00. The van der Waals surface area contributed by atoms with Crippen molar-refractivity contribution in [3.05, 3.63) is 28.2 Å². The fourth-order valence-corrected chi connectivity index (χ4v) is 3.13. The number of hydrogen-bond acceptors (Lipinski definition) is 2. The first-order valence-electron chi connectivity index (χ1n) is 7.16. The summed E-state index contributed by atoms with van der Waals surface area (Å²) in [6.07, 6.45) is 6.92. The van der Waals surface area contributed by atoms with Crippen LogP contribution in [0, 0.1) is 5.92 Å². The first kappa shape index (κ1) is 14.6. The van der Waals surface area contributed by atoms with Crippen LogP contribution in [0.2, 0.25) is 0 Å². The van der Waals surface area contributed by atoms with Gasteiger partial charge in [0.15, 0.2) is 5.78 Å². The highest BCUT2D eigenvalue weighted by molar-refractivity contribution is 9.10. The average molecular weight is 325 g/mol. The molecule has 0 unspecified atom stereocenters. The Morgan fingerprint density at radius 2 is 2.11 bits per heavy atom. The van der Waals surface area contributed by atoms with Crippen molar-refractivity contribution in [2.75, 3.05) is 6.61 Å². The van der Waals surface area contributed by atoms with E-state index in [1.54, 1.807) is 0 Å². The molecule has 1 aliphatic carbocycles. The van der Waals surface area contributed by atoms with E-state index in [9.17, 15) is 4.79 Å². The molecule has 1 aliphatic rings. The van der Waals surface area contributed by atoms with E-state index in [1.165, 1.54) is 25.7 Å². The Hall–Kier alpha value is -0.830. The van der Waals surface area contributed by atoms with E-state index in [2.05, 4.69) is 15.9 Å². The molecule has 0 radical (unpaired) electrons. The minimum Gasteiger partial charge on any atom is -0.493 e. The first-order valence-corrected chi connectivity index (χ1v) is 7.95. The summed E-state index contributed by atoms with van der Waals surface area (Å²) in [6.45, 7) is 2.53. The van der Waals surface area contributed by atoms with Crippen LogP contribution in [0.3, 0.4) is 0 Å². The third-order valence-electron chi connectivity index (χ3n) is 3.80. The third-order valence-corrected chi connectivity index (χ3v) is 4.29. The number of hydrogen-bond donors (Lipinski definition) is 0. The maximum atomic E-state index is 12.3. The van der Waals surface area contributed by atoms with Crippen LogP contribution in [0.25, 0.3) is 0 Å². The van der Waals surface area contributed by atoms with Gasteiger partial charge in [0, 0.05) is 10.9 Å². The summed E-state index contributed by atoms with van der Waals surface area (Å²) in [5.41, 5.74) is 0.717. The van der Waals surface area contributed by atoms with Crippen LogP contribution < -0.4 is 4.74 Å². The van der Waals surface area contributed by atoms with E-state index in [-0.39, 0.29) is 5.78 Å². The lowest BCUT2D eigenvalue weighted by Crippen LogP contribution is -2.06. The van der Waals surface area contributed by atoms with Crippen molar-refractivity contribution in [1.82, 2.24) is 0 Å². The summed E-state index contributed by atoms with van der Waals surface area (Å²) in [5, 5.41) is 0. The third kappa shape index (κ3) is 4.07. The van der Waals surface area contributed by atoms with Crippen LogP contribution >= 0.6 is 15.9 Å². The predicted molar refractivity (Wildman–Crippen MR) is 80.8 cm³/mol. The lowest BCUT2D eigenvalue weighted by Gasteiger charge is -2.11. The van der Waals surface area contributed by atoms with Gasteiger partial charge in [0.05, 0.1) is 12.2 Å². The molecule has 3 heteroatoms. The highest BCUT2D eigenvalue weighted by Gasteiger charge is 2.18. The van der Waals surface area contributed by atoms with Crippen LogP contribution in [-0.4, -0.2) is 12.4 Å². The fraction of sp³-hybridized carbons (Fsp3) is 0.562. The number of Topliss-reactive ketones (excluding diaryl/α,β-unsaturated/α-hetero) is 1. The van der Waals surface area contributed by atoms with Crippen molar-refractivity contribution < 1.29 is 9.53 Å². The van der Waals surface area contributed by atoms with Gasteiger partial charge in [-0.15, -0.1) is 0 Å². The van der Waals surface area contributed by atoms with Crippen molar-refractivity contribution in [2.24, 2.45) is 5.92 Å². The number of carbonyl (C=O) groups excluding carboxylic acids is 1. The standard InChI is InChI=1S/C16H21BrO2/c1-2-19-16-10-8-13(17)11-14(16)15(18)9-7-12-5-3-4-6-12/h8,10-12H,2-7,9H2,1H3. The molecule has 0 aromatic heterocycles. The Kier molecular flexibility index (Phi) is 5.44. The minimum atomic E-state index is 0.205. The van der Waals surface area contributed by atoms with E-state index in [0.717, 1.165) is 16.8 Å². The molecular formula is C16H21BrO2. The van der Waals surface area contributed by atoms with Crippen LogP contribution in [0.15, 0.2) is 22.7 Å². The molecule has 0 bridgehead atoms. The molecule has 1 fully saturated rings. The Bertz CT molecular complexity index is 436. The number of halogens is 1. The van der Waals surface area contributed by atoms with Gasteiger partial charge in [0.25, 0.3) is 0 Å². The lowest BCUT2D eigenvalue weighted by molar-refractivity contribution is 0.0970. The van der Waals surface area contributed by atoms with Crippen LogP contribution in [0.5, 0.6) is 5.75 Å². The van der Waals surface area contributed by atoms with Gasteiger partial charge in [-0.2, -0.15) is 0 Å². The topological polar surface area (TPSA) is 26.3 Å². The molecule has 1 aromatic rings. The molecule has 19 heavy (non-hydrogen) atoms. The second-order valence-electron chi connectivity index (χ2n) is 5.19. The average Bonchev–Trinajstić information content (AvgIpc) is 2.91. The largest absolute Gasteiger partial charge is 0.493 e. The fourth-order valence-electron chi connectivity index (χ4n) is 2.77. The zero-order chi connectivity index (χ0) is 13.7. The molecule has 0 N–H and O–H groups in total. The van der Waals surface area contributed by atoms with Gasteiger partial charge < -0.3 is 4.74 Å². The zero-order valence-corrected chi connectivity index (χ0v) is 13.0. The molecule has 0 spiro atoms. The Morgan fingerprint density at radius 1 is 1.37 bits per heavy atom. The van der Waals surface area contributed by atoms with Gasteiger partial charge in [0.1, 0.15) is 5.75 Å². The summed E-state index contributed by atoms with van der Waals surface area (Å²) in [4.78, 5) is 12.3. The van der Waals surface area contributed by atoms with E-state index >= 15 is 0 Å². The van der Waals surface area contributed by atoms with Gasteiger partial charge >= 0.3 is 0 Å². The lowest BCUT2D eigenvalue weighted by atomic mass is 9.97. The number of ether oxygens (including phenoxy) is 1. The molecule has 104 valence electrons. The molecule has 0 heterocycles. The Morgan fingerprint density at radius 3 is 2.79 bits per heavy atom. The molecule has 1 saturated carbocycles. The van der Waals surface area contributed by atoms with E-state index in [1.807, 2.05) is 25.1 Å². The monoisotopic (exact) mass is 324 g/mol. The first-order chi connectivity index (χ1) is 9.20. The van der Waals surface area contributed by atoms with Gasteiger partial charge in [-0.25, -0.2) is 0 Å². The highest BCUT2D eigenvalue weighted by Crippen LogP contribution is 2.30. The van der Waals surface area contributed by atoms with Gasteiger partial charge in [-0.3, -0.25) is 4.79 Å². The summed E-state index contributed by atoms with van der Waals surface area (Å²) < 4.78 is 6.47. The number of rotatable bonds is 6. The van der Waals surface area contributed by atoms with E-state index in [0.29, 0.717) is 24.3 Å². The van der Waals surface area contributed by atoms with Crippen molar-refractivity contribution in [1.29, 1.82) is 0 Å². The molecular weight excluding hydrogens is 304 g/mol. The molecule has 2 rings (SSSR count). The van der Waals surface area contributed by atoms with Crippen molar-refractivity contribution in [2.45, 2.75) is 45.4 Å². The number of ketones is 1. The quantitative estimate of drug-likeness (QED) is 0.688. The summed E-state index contributed by atoms with van der Waals surface area (Å²) >= 11 is 3.43. The minimum absolute atomic E-state index is 0.205. The Labute approximate surface area is 123 Å². The van der Waals surface area contributed by atoms with Crippen molar-refractivity contribution in [3.8, 4) is 5.75 Å². The smallest absolute Gasteiger partial charge is 0.166 e. The van der Waals surface area contributed by atoms with Crippen LogP contribution in [-0.2, 0) is 0 Å². The van der Waals surface area contributed by atoms with Gasteiger partial charge in [-0.1, -0.05) is 41.6 Å². The summed E-state index contributed by atoms with van der Waals surface area (Å²) in [7, 11) is 0. The highest BCUT2D eigenvalue weighted by atomic mass is 79.9. The SMILES string of the molecule is CCOc1ccc(Br)cc1C(=O)CCC1CCCC1. The number of carbonyl (C=O) groups is 1. The van der Waals surface area contributed by atoms with E-state index in [4.69, 9.17) is 4.74 Å². The second-order valence-corrected chi connectivity index (χ2v) is 6.10. The van der Waals surface area contributed by atoms with Crippen molar-refractivity contribution >= 4 is 21.7 Å². The molecule has 0 atom stereocenters. The molecule has 0 aliphatic heterocycles. The normalized spacial score (nSPS) is 15.7. The second kappa shape index (κ2) is 7.09. The molecule has 2 nitrogen and oxygen atoms in total. The number of benzene rings is 1. The maximum absolute atomic E-state index is 12.3. The molecule has 0 saturated heterocycles. The van der Waals surface area contributed by atoms with Crippen LogP contribution in [0.4, 0.5) is 0 Å². The maximum Gasteiger partial charge on any atom is 0.166 e. The van der Waals surface area contributed by atoms with Gasteiger partial charge in [-0.05, 0) is 37.5 Å². The van der Waals surface area contributed by atoms with E-state index < -0.39 is 0 Å². The van der Waals surface area contributed by atoms with Crippen LogP contribution in [0.1, 0.15) is 55.8 Å². The molecule has 0 amide bonds.